The summed E-state index contributed by atoms with van der Waals surface area (Å²) in [7, 11) is 0. The van der Waals surface area contributed by atoms with Crippen LogP contribution in [0.1, 0.15) is 20.3 Å². The van der Waals surface area contributed by atoms with Gasteiger partial charge in [0, 0.05) is 30.8 Å². The summed E-state index contributed by atoms with van der Waals surface area (Å²) in [5.74, 6) is 0.502. The topological polar surface area (TPSA) is 85.8 Å². The van der Waals surface area contributed by atoms with Crippen molar-refractivity contribution in [1.29, 1.82) is 0 Å². The molecule has 3 N–H and O–H groups in total. The lowest BCUT2D eigenvalue weighted by Gasteiger charge is -2.10. The predicted molar refractivity (Wildman–Crippen MR) is 77.8 cm³/mol. The Morgan fingerprint density at radius 3 is 3.00 bits per heavy atom. The number of aromatic nitrogens is 3. The molecule has 0 aliphatic rings. The summed E-state index contributed by atoms with van der Waals surface area (Å²) in [6.07, 6.45) is 5.55. The first-order valence-corrected chi connectivity index (χ1v) is 6.57. The highest BCUT2D eigenvalue weighted by Gasteiger charge is 2.08. The van der Waals surface area contributed by atoms with E-state index >= 15 is 0 Å². The van der Waals surface area contributed by atoms with E-state index in [-0.39, 0.29) is 11.9 Å². The van der Waals surface area contributed by atoms with Gasteiger partial charge in [-0.25, -0.2) is 9.97 Å². The van der Waals surface area contributed by atoms with Crippen LogP contribution in [0.15, 0.2) is 30.9 Å². The van der Waals surface area contributed by atoms with Crippen LogP contribution >= 0.6 is 0 Å². The molecule has 6 heteroatoms. The number of pyridine rings is 1. The van der Waals surface area contributed by atoms with Crippen LogP contribution in [-0.2, 0) is 11.3 Å². The van der Waals surface area contributed by atoms with Crippen LogP contribution in [0.5, 0.6) is 0 Å². The van der Waals surface area contributed by atoms with E-state index in [9.17, 15) is 4.79 Å². The highest BCUT2D eigenvalue weighted by molar-refractivity contribution is 5.76. The predicted octanol–water partition coefficient (Wildman–Crippen LogP) is 1.44. The van der Waals surface area contributed by atoms with Crippen molar-refractivity contribution in [2.45, 2.75) is 32.9 Å². The molecule has 1 amide bonds. The number of aryl methyl sites for hydroxylation is 1. The van der Waals surface area contributed by atoms with E-state index in [1.807, 2.05) is 24.5 Å². The Labute approximate surface area is 118 Å². The average molecular weight is 273 g/mol. The average Bonchev–Trinajstić information content (AvgIpc) is 2.84. The smallest absolute Gasteiger partial charge is 0.221 e. The Morgan fingerprint density at radius 2 is 2.30 bits per heavy atom. The second-order valence-electron chi connectivity index (χ2n) is 4.91. The summed E-state index contributed by atoms with van der Waals surface area (Å²) in [4.78, 5) is 19.8. The number of amides is 1. The molecular formula is C14H19N5O. The molecule has 0 fully saturated rings. The highest BCUT2D eigenvalue weighted by Crippen LogP contribution is 2.20. The molecule has 0 bridgehead atoms. The normalized spacial score (nSPS) is 10.8. The Kier molecular flexibility index (Phi) is 4.34. The molecule has 2 heterocycles. The van der Waals surface area contributed by atoms with E-state index in [4.69, 9.17) is 5.73 Å². The van der Waals surface area contributed by atoms with E-state index in [2.05, 4.69) is 15.3 Å². The summed E-state index contributed by atoms with van der Waals surface area (Å²) < 4.78 is 1.94. The molecule has 2 aromatic rings. The van der Waals surface area contributed by atoms with Crippen molar-refractivity contribution in [2.24, 2.45) is 0 Å². The molecule has 106 valence electrons. The number of carbonyl (C=O) groups excluding carboxylic acids is 1. The minimum atomic E-state index is 0.0360. The van der Waals surface area contributed by atoms with Crippen molar-refractivity contribution < 1.29 is 4.79 Å². The number of nitrogens with zero attached hydrogens (tertiary/aromatic N) is 3. The van der Waals surface area contributed by atoms with E-state index in [0.29, 0.717) is 18.8 Å². The molecule has 0 saturated carbocycles. The van der Waals surface area contributed by atoms with Gasteiger partial charge in [0.15, 0.2) is 0 Å². The maximum Gasteiger partial charge on any atom is 0.221 e. The molecule has 2 aromatic heterocycles. The second-order valence-corrected chi connectivity index (χ2v) is 4.91. The van der Waals surface area contributed by atoms with Gasteiger partial charge in [0.2, 0.25) is 5.91 Å². The second kappa shape index (κ2) is 6.18. The van der Waals surface area contributed by atoms with E-state index in [1.54, 1.807) is 24.8 Å². The fourth-order valence-electron chi connectivity index (χ4n) is 1.96. The van der Waals surface area contributed by atoms with Gasteiger partial charge < -0.3 is 15.6 Å². The molecule has 0 unspecified atom stereocenters. The number of nitrogens with one attached hydrogen (secondary N) is 1. The summed E-state index contributed by atoms with van der Waals surface area (Å²) in [5.41, 5.74) is 7.56. The summed E-state index contributed by atoms with van der Waals surface area (Å²) in [6, 6.07) is 3.82. The zero-order chi connectivity index (χ0) is 14.5. The lowest BCUT2D eigenvalue weighted by atomic mass is 10.2. The van der Waals surface area contributed by atoms with Crippen LogP contribution < -0.4 is 11.1 Å². The molecule has 0 radical (unpaired) electrons. The van der Waals surface area contributed by atoms with Gasteiger partial charge in [0.1, 0.15) is 5.82 Å². The highest BCUT2D eigenvalue weighted by atomic mass is 16.1. The number of nitrogen functional groups attached to an aromatic ring is 1. The van der Waals surface area contributed by atoms with Crippen molar-refractivity contribution in [3.05, 3.63) is 30.9 Å². The number of hydrogen-bond donors (Lipinski definition) is 2. The maximum absolute atomic E-state index is 11.7. The molecule has 6 nitrogen and oxygen atoms in total. The van der Waals surface area contributed by atoms with Gasteiger partial charge >= 0.3 is 0 Å². The fourth-order valence-corrected chi connectivity index (χ4v) is 1.96. The van der Waals surface area contributed by atoms with Gasteiger partial charge in [-0.05, 0) is 26.0 Å². The van der Waals surface area contributed by atoms with Crippen molar-refractivity contribution in [3.63, 3.8) is 0 Å². The SMILES string of the molecule is CC(C)NC(=O)CCn1cncc1-c1ccnc(N)c1. The first-order valence-electron chi connectivity index (χ1n) is 6.57. The Balaban J connectivity index is 2.08. The van der Waals surface area contributed by atoms with Crippen molar-refractivity contribution in [2.75, 3.05) is 5.73 Å². The third-order valence-corrected chi connectivity index (χ3v) is 2.82. The molecule has 0 atom stereocenters. The molecule has 0 saturated heterocycles. The van der Waals surface area contributed by atoms with Crippen molar-refractivity contribution >= 4 is 11.7 Å². The number of imidazole rings is 1. The molecule has 0 aliphatic carbocycles. The number of anilines is 1. The third kappa shape index (κ3) is 3.57. The molecule has 0 aromatic carbocycles. The molecule has 0 aliphatic heterocycles. The Bertz CT molecular complexity index is 591. The molecule has 0 spiro atoms. The van der Waals surface area contributed by atoms with Gasteiger partial charge in [0.25, 0.3) is 0 Å². The van der Waals surface area contributed by atoms with Crippen molar-refractivity contribution in [1.82, 2.24) is 19.9 Å². The first kappa shape index (κ1) is 14.0. The van der Waals surface area contributed by atoms with Gasteiger partial charge in [-0.2, -0.15) is 0 Å². The minimum Gasteiger partial charge on any atom is -0.384 e. The van der Waals surface area contributed by atoms with Crippen LogP contribution in [0, 0.1) is 0 Å². The minimum absolute atomic E-state index is 0.0360. The summed E-state index contributed by atoms with van der Waals surface area (Å²) >= 11 is 0. The van der Waals surface area contributed by atoms with Crippen LogP contribution in [-0.4, -0.2) is 26.5 Å². The lowest BCUT2D eigenvalue weighted by molar-refractivity contribution is -0.121. The number of carbonyl (C=O) groups is 1. The van der Waals surface area contributed by atoms with E-state index < -0.39 is 0 Å². The number of rotatable bonds is 5. The monoisotopic (exact) mass is 273 g/mol. The molecular weight excluding hydrogens is 254 g/mol. The van der Waals surface area contributed by atoms with Gasteiger partial charge in [-0.15, -0.1) is 0 Å². The maximum atomic E-state index is 11.7. The fraction of sp³-hybridized carbons (Fsp3) is 0.357. The molecule has 2 rings (SSSR count). The molecule has 20 heavy (non-hydrogen) atoms. The number of nitrogens with two attached hydrogens (primary N) is 1. The van der Waals surface area contributed by atoms with E-state index in [1.165, 1.54) is 0 Å². The van der Waals surface area contributed by atoms with Crippen LogP contribution in [0.3, 0.4) is 0 Å². The van der Waals surface area contributed by atoms with Gasteiger partial charge in [-0.3, -0.25) is 4.79 Å². The van der Waals surface area contributed by atoms with Crippen LogP contribution in [0.25, 0.3) is 11.3 Å². The standard InChI is InChI=1S/C14H19N5O/c1-10(2)18-14(20)4-6-19-9-16-8-12(19)11-3-5-17-13(15)7-11/h3,5,7-10H,4,6H2,1-2H3,(H2,15,17)(H,18,20). The largest absolute Gasteiger partial charge is 0.384 e. The quantitative estimate of drug-likeness (QED) is 0.863. The third-order valence-electron chi connectivity index (χ3n) is 2.82. The summed E-state index contributed by atoms with van der Waals surface area (Å²) in [5, 5.41) is 2.87. The van der Waals surface area contributed by atoms with Gasteiger partial charge in [0.05, 0.1) is 18.2 Å². The van der Waals surface area contributed by atoms with Gasteiger partial charge in [-0.1, -0.05) is 0 Å². The van der Waals surface area contributed by atoms with Crippen LogP contribution in [0.4, 0.5) is 5.82 Å². The lowest BCUT2D eigenvalue weighted by Crippen LogP contribution is -2.30. The Morgan fingerprint density at radius 1 is 1.50 bits per heavy atom. The Hall–Kier alpha value is -2.37. The van der Waals surface area contributed by atoms with Crippen molar-refractivity contribution in [3.8, 4) is 11.3 Å². The van der Waals surface area contributed by atoms with E-state index in [0.717, 1.165) is 11.3 Å². The summed E-state index contributed by atoms with van der Waals surface area (Å²) in [6.45, 7) is 4.47. The van der Waals surface area contributed by atoms with Crippen LogP contribution in [0.2, 0.25) is 0 Å². The zero-order valence-electron chi connectivity index (χ0n) is 11.7. The zero-order valence-corrected chi connectivity index (χ0v) is 11.7. The first-order chi connectivity index (χ1) is 9.56. The number of hydrogen-bond acceptors (Lipinski definition) is 4.